The first-order valence-corrected chi connectivity index (χ1v) is 8.99. The number of nitrogens with one attached hydrogen (secondary N) is 3. The van der Waals surface area contributed by atoms with Crippen molar-refractivity contribution >= 4 is 28.7 Å². The van der Waals surface area contributed by atoms with Crippen LogP contribution in [0.4, 0.5) is 11.4 Å². The van der Waals surface area contributed by atoms with Gasteiger partial charge in [0.2, 0.25) is 0 Å². The van der Waals surface area contributed by atoms with E-state index in [1.807, 2.05) is 0 Å². The van der Waals surface area contributed by atoms with E-state index >= 15 is 0 Å². The topological polar surface area (TPSA) is 91.6 Å². The maximum Gasteiger partial charge on any atom is 0.269 e. The van der Waals surface area contributed by atoms with Gasteiger partial charge in [-0.3, -0.25) is 15.1 Å². The standard InChI is InChI=1S/C17H23N5O2S/c1-13(14-7-10-25-12-14)11-21-17(18-2)20-9-8-19-15-3-5-16(6-4-15)22(23)24/h3-7,10,12-13,19H,8-9,11H2,1-2H3,(H2,18,20,21). The SMILES string of the molecule is CN=C(NCCNc1ccc([N+](=O)[O-])cc1)NCC(C)c1ccsc1. The number of aliphatic imine (C=N–C) groups is 1. The number of non-ortho nitro benzene ring substituents is 1. The minimum Gasteiger partial charge on any atom is -0.383 e. The average Bonchev–Trinajstić information content (AvgIpc) is 3.16. The molecule has 1 aromatic heterocycles. The van der Waals surface area contributed by atoms with Gasteiger partial charge in [-0.2, -0.15) is 11.3 Å². The highest BCUT2D eigenvalue weighted by Gasteiger charge is 2.07. The minimum absolute atomic E-state index is 0.0908. The summed E-state index contributed by atoms with van der Waals surface area (Å²) in [7, 11) is 1.74. The molecule has 0 aliphatic heterocycles. The predicted octanol–water partition coefficient (Wildman–Crippen LogP) is 3.04. The molecule has 2 rings (SSSR count). The number of hydrogen-bond donors (Lipinski definition) is 3. The van der Waals surface area contributed by atoms with Crippen LogP contribution in [0.15, 0.2) is 46.1 Å². The number of benzene rings is 1. The first kappa shape index (κ1) is 18.7. The third-order valence-corrected chi connectivity index (χ3v) is 4.44. The van der Waals surface area contributed by atoms with Crippen LogP contribution in [0.1, 0.15) is 18.4 Å². The van der Waals surface area contributed by atoms with Gasteiger partial charge in [0.25, 0.3) is 5.69 Å². The van der Waals surface area contributed by atoms with Crippen LogP contribution in [-0.2, 0) is 0 Å². The number of hydrogen-bond acceptors (Lipinski definition) is 5. The second-order valence-corrected chi connectivity index (χ2v) is 6.35. The van der Waals surface area contributed by atoms with Crippen molar-refractivity contribution in [2.45, 2.75) is 12.8 Å². The van der Waals surface area contributed by atoms with Crippen molar-refractivity contribution in [1.82, 2.24) is 10.6 Å². The Morgan fingerprint density at radius 3 is 2.60 bits per heavy atom. The highest BCUT2D eigenvalue weighted by molar-refractivity contribution is 7.07. The molecule has 0 saturated heterocycles. The number of guanidine groups is 1. The zero-order chi connectivity index (χ0) is 18.1. The molecule has 3 N–H and O–H groups in total. The molecule has 1 unspecified atom stereocenters. The average molecular weight is 361 g/mol. The van der Waals surface area contributed by atoms with Gasteiger partial charge in [0, 0.05) is 44.5 Å². The van der Waals surface area contributed by atoms with Crippen LogP contribution in [0.3, 0.4) is 0 Å². The van der Waals surface area contributed by atoms with E-state index in [0.29, 0.717) is 19.0 Å². The quantitative estimate of drug-likeness (QED) is 0.221. The molecule has 134 valence electrons. The van der Waals surface area contributed by atoms with E-state index in [2.05, 4.69) is 44.7 Å². The van der Waals surface area contributed by atoms with E-state index in [-0.39, 0.29) is 5.69 Å². The van der Waals surface area contributed by atoms with Crippen molar-refractivity contribution in [2.24, 2.45) is 4.99 Å². The van der Waals surface area contributed by atoms with E-state index in [1.165, 1.54) is 17.7 Å². The lowest BCUT2D eigenvalue weighted by atomic mass is 10.1. The van der Waals surface area contributed by atoms with Gasteiger partial charge in [-0.05, 0) is 40.4 Å². The third kappa shape index (κ3) is 6.07. The van der Waals surface area contributed by atoms with E-state index in [9.17, 15) is 10.1 Å². The third-order valence-electron chi connectivity index (χ3n) is 3.74. The minimum atomic E-state index is -0.405. The van der Waals surface area contributed by atoms with Gasteiger partial charge < -0.3 is 16.0 Å². The number of nitrogens with zero attached hydrogens (tertiary/aromatic N) is 2. The Kier molecular flexibility index (Phi) is 7.21. The van der Waals surface area contributed by atoms with E-state index in [0.717, 1.165) is 18.2 Å². The smallest absolute Gasteiger partial charge is 0.269 e. The van der Waals surface area contributed by atoms with Crippen LogP contribution in [-0.4, -0.2) is 37.6 Å². The molecule has 8 heteroatoms. The Bertz CT molecular complexity index is 686. The summed E-state index contributed by atoms with van der Waals surface area (Å²) in [6.45, 7) is 4.35. The second-order valence-electron chi connectivity index (χ2n) is 5.57. The summed E-state index contributed by atoms with van der Waals surface area (Å²) in [5.41, 5.74) is 2.27. The summed E-state index contributed by atoms with van der Waals surface area (Å²) >= 11 is 1.71. The largest absolute Gasteiger partial charge is 0.383 e. The summed E-state index contributed by atoms with van der Waals surface area (Å²) in [5.74, 6) is 1.18. The molecule has 0 aliphatic carbocycles. The lowest BCUT2D eigenvalue weighted by Gasteiger charge is -2.15. The molecular formula is C17H23N5O2S. The monoisotopic (exact) mass is 361 g/mol. The lowest BCUT2D eigenvalue weighted by molar-refractivity contribution is -0.384. The summed E-state index contributed by atoms with van der Waals surface area (Å²) in [4.78, 5) is 14.4. The molecule has 0 radical (unpaired) electrons. The van der Waals surface area contributed by atoms with Gasteiger partial charge in [-0.1, -0.05) is 6.92 Å². The van der Waals surface area contributed by atoms with Gasteiger partial charge in [-0.15, -0.1) is 0 Å². The normalized spacial score (nSPS) is 12.5. The Labute approximate surface area is 151 Å². The first-order valence-electron chi connectivity index (χ1n) is 8.05. The molecule has 0 aliphatic rings. The van der Waals surface area contributed by atoms with Gasteiger partial charge >= 0.3 is 0 Å². The van der Waals surface area contributed by atoms with Gasteiger partial charge in [-0.25, -0.2) is 0 Å². The van der Waals surface area contributed by atoms with Gasteiger partial charge in [0.15, 0.2) is 5.96 Å². The fraction of sp³-hybridized carbons (Fsp3) is 0.353. The molecule has 1 heterocycles. The molecule has 25 heavy (non-hydrogen) atoms. The molecular weight excluding hydrogens is 338 g/mol. The van der Waals surface area contributed by atoms with Crippen LogP contribution in [0.2, 0.25) is 0 Å². The molecule has 1 aromatic carbocycles. The summed E-state index contributed by atoms with van der Waals surface area (Å²) < 4.78 is 0. The molecule has 0 spiro atoms. The van der Waals surface area contributed by atoms with Crippen LogP contribution in [0.25, 0.3) is 0 Å². The zero-order valence-electron chi connectivity index (χ0n) is 14.4. The fourth-order valence-electron chi connectivity index (χ4n) is 2.23. The highest BCUT2D eigenvalue weighted by Crippen LogP contribution is 2.17. The molecule has 0 amide bonds. The van der Waals surface area contributed by atoms with Gasteiger partial charge in [0.05, 0.1) is 4.92 Å². The van der Waals surface area contributed by atoms with Crippen LogP contribution in [0, 0.1) is 10.1 Å². The molecule has 0 bridgehead atoms. The van der Waals surface area contributed by atoms with Gasteiger partial charge in [0.1, 0.15) is 0 Å². The Morgan fingerprint density at radius 2 is 2.00 bits per heavy atom. The predicted molar refractivity (Wildman–Crippen MR) is 104 cm³/mol. The molecule has 0 saturated carbocycles. The van der Waals surface area contributed by atoms with Crippen LogP contribution in [0.5, 0.6) is 0 Å². The Morgan fingerprint density at radius 1 is 1.24 bits per heavy atom. The highest BCUT2D eigenvalue weighted by atomic mass is 32.1. The van der Waals surface area contributed by atoms with E-state index in [1.54, 1.807) is 30.5 Å². The number of thiophene rings is 1. The van der Waals surface area contributed by atoms with E-state index in [4.69, 9.17) is 0 Å². The lowest BCUT2D eigenvalue weighted by Crippen LogP contribution is -2.40. The summed E-state index contributed by atoms with van der Waals surface area (Å²) in [6.07, 6.45) is 0. The van der Waals surface area contributed by atoms with Crippen molar-refractivity contribution in [3.8, 4) is 0 Å². The number of anilines is 1. The zero-order valence-corrected chi connectivity index (χ0v) is 15.2. The van der Waals surface area contributed by atoms with Crippen molar-refractivity contribution in [3.05, 3.63) is 56.8 Å². The number of nitro benzene ring substituents is 1. The van der Waals surface area contributed by atoms with Crippen molar-refractivity contribution in [1.29, 1.82) is 0 Å². The summed E-state index contributed by atoms with van der Waals surface area (Å²) in [5, 5.41) is 24.6. The molecule has 7 nitrogen and oxygen atoms in total. The Balaban J connectivity index is 1.68. The van der Waals surface area contributed by atoms with Crippen molar-refractivity contribution in [2.75, 3.05) is 32.0 Å². The molecule has 1 atom stereocenters. The first-order chi connectivity index (χ1) is 12.1. The second kappa shape index (κ2) is 9.63. The fourth-order valence-corrected chi connectivity index (χ4v) is 3.01. The Hall–Kier alpha value is -2.61. The van der Waals surface area contributed by atoms with Crippen LogP contribution < -0.4 is 16.0 Å². The maximum absolute atomic E-state index is 10.6. The summed E-state index contributed by atoms with van der Waals surface area (Å²) in [6, 6.07) is 8.52. The number of nitro groups is 1. The van der Waals surface area contributed by atoms with Crippen LogP contribution >= 0.6 is 11.3 Å². The van der Waals surface area contributed by atoms with E-state index < -0.39 is 4.92 Å². The number of rotatable bonds is 8. The van der Waals surface area contributed by atoms with Crippen molar-refractivity contribution in [3.63, 3.8) is 0 Å². The maximum atomic E-state index is 10.6. The van der Waals surface area contributed by atoms with Crippen molar-refractivity contribution < 1.29 is 4.92 Å². The molecule has 2 aromatic rings. The molecule has 0 fully saturated rings.